The number of hydrogen-bond acceptors (Lipinski definition) is 9. The van der Waals surface area contributed by atoms with Crippen LogP contribution in [0.5, 0.6) is 0 Å². The minimum absolute atomic E-state index is 0.0635. The van der Waals surface area contributed by atoms with Crippen LogP contribution >= 0.6 is 22.6 Å². The number of carbonyl (C=O) groups excluding carboxylic acids is 5. The minimum atomic E-state index is -1.32. The highest BCUT2D eigenvalue weighted by molar-refractivity contribution is 14.1. The zero-order valence-electron chi connectivity index (χ0n) is 28.1. The van der Waals surface area contributed by atoms with Crippen LogP contribution in [-0.4, -0.2) is 66.7 Å². The lowest BCUT2D eigenvalue weighted by molar-refractivity contribution is -0.136. The number of halogens is 4. The summed E-state index contributed by atoms with van der Waals surface area (Å²) in [6.07, 6.45) is 5.51. The Labute approximate surface area is 311 Å². The van der Waals surface area contributed by atoms with Crippen molar-refractivity contribution >= 4 is 69.2 Å². The van der Waals surface area contributed by atoms with Crippen molar-refractivity contribution in [1.82, 2.24) is 21.0 Å². The fourth-order valence-electron chi connectivity index (χ4n) is 5.94. The van der Waals surface area contributed by atoms with E-state index < -0.39 is 58.7 Å². The fraction of sp³-hybridized carbons (Fsp3) is 0.361. The van der Waals surface area contributed by atoms with Gasteiger partial charge in [0.2, 0.25) is 11.8 Å². The standard InChI is InChI=1S/C36H38F3IN6O6/c37-24-12-11-23(32(31(24)39)43-26-13-10-21(40)20-25(26)38)33(48)45-52-19-7-17-41-16-4-2-1-3-5-18-42-27-9-6-8-22-30(27)36(51)46(35(22)50)28-14-15-29(47)44-34(28)49/h6,8-13,20,28,41-43H,1-5,7,14-19H2,(H,45,48)(H,44,47,49). The molecule has 0 saturated carbocycles. The number of fused-ring (bicyclic) bond motifs is 1. The van der Waals surface area contributed by atoms with E-state index >= 15 is 0 Å². The Hall–Kier alpha value is -4.55. The van der Waals surface area contributed by atoms with Crippen LogP contribution in [0, 0.1) is 21.0 Å². The van der Waals surface area contributed by atoms with E-state index in [0.29, 0.717) is 28.8 Å². The van der Waals surface area contributed by atoms with Crippen molar-refractivity contribution in [3.63, 3.8) is 0 Å². The van der Waals surface area contributed by atoms with Gasteiger partial charge in [0.1, 0.15) is 11.9 Å². The number of rotatable bonds is 18. The van der Waals surface area contributed by atoms with Gasteiger partial charge in [0.05, 0.1) is 34.7 Å². The number of nitrogens with zero attached hydrogens (tertiary/aromatic N) is 1. The van der Waals surface area contributed by atoms with Crippen LogP contribution in [-0.2, 0) is 14.4 Å². The number of unbranched alkanes of at least 4 members (excludes halogenated alkanes) is 4. The summed E-state index contributed by atoms with van der Waals surface area (Å²) < 4.78 is 43.4. The molecular weight excluding hydrogens is 796 g/mol. The zero-order valence-corrected chi connectivity index (χ0v) is 30.2. The first-order valence-corrected chi connectivity index (χ1v) is 18.1. The number of carbonyl (C=O) groups is 5. The van der Waals surface area contributed by atoms with Crippen LogP contribution in [0.15, 0.2) is 48.5 Å². The summed E-state index contributed by atoms with van der Waals surface area (Å²) in [6.45, 7) is 2.19. The number of anilines is 3. The molecule has 1 saturated heterocycles. The van der Waals surface area contributed by atoms with Gasteiger partial charge < -0.3 is 16.0 Å². The highest BCUT2D eigenvalue weighted by Crippen LogP contribution is 2.33. The number of hydroxylamine groups is 1. The molecule has 16 heteroatoms. The molecule has 3 aromatic rings. The average Bonchev–Trinajstić information content (AvgIpc) is 3.37. The quantitative estimate of drug-likeness (QED) is 0.0480. The molecular formula is C36H38F3IN6O6. The van der Waals surface area contributed by atoms with Crippen LogP contribution < -0.4 is 26.7 Å². The number of hydrogen-bond donors (Lipinski definition) is 5. The van der Waals surface area contributed by atoms with Gasteiger partial charge in [0.15, 0.2) is 11.6 Å². The molecule has 1 unspecified atom stereocenters. The number of nitrogens with one attached hydrogen (secondary N) is 5. The Balaban J connectivity index is 0.928. The zero-order chi connectivity index (χ0) is 37.2. The van der Waals surface area contributed by atoms with Gasteiger partial charge in [0, 0.05) is 22.2 Å². The van der Waals surface area contributed by atoms with E-state index in [1.807, 2.05) is 22.6 Å². The number of benzene rings is 3. The maximum Gasteiger partial charge on any atom is 0.277 e. The Morgan fingerprint density at radius 2 is 1.62 bits per heavy atom. The van der Waals surface area contributed by atoms with E-state index in [9.17, 15) is 37.1 Å². The van der Waals surface area contributed by atoms with Crippen molar-refractivity contribution in [2.45, 2.75) is 57.4 Å². The van der Waals surface area contributed by atoms with E-state index in [2.05, 4.69) is 26.7 Å². The van der Waals surface area contributed by atoms with Gasteiger partial charge in [0.25, 0.3) is 17.7 Å². The predicted molar refractivity (Wildman–Crippen MR) is 194 cm³/mol. The Kier molecular flexibility index (Phi) is 13.6. The maximum absolute atomic E-state index is 14.6. The summed E-state index contributed by atoms with van der Waals surface area (Å²) in [5.74, 6) is -6.15. The van der Waals surface area contributed by atoms with Crippen LogP contribution in [0.25, 0.3) is 0 Å². The van der Waals surface area contributed by atoms with E-state index in [-0.39, 0.29) is 41.8 Å². The van der Waals surface area contributed by atoms with Crippen molar-refractivity contribution in [1.29, 1.82) is 0 Å². The van der Waals surface area contributed by atoms with Crippen molar-refractivity contribution in [3.8, 4) is 0 Å². The van der Waals surface area contributed by atoms with Crippen molar-refractivity contribution in [3.05, 3.63) is 86.2 Å². The number of amides is 5. The second-order valence-corrected chi connectivity index (χ2v) is 13.5. The fourth-order valence-corrected chi connectivity index (χ4v) is 6.40. The molecule has 2 aliphatic rings. The SMILES string of the molecule is O=C1CCC(N2C(=O)c3cccc(NCCCCCCCNCCCONC(=O)c4ccc(F)c(F)c4Nc4ccc(I)cc4F)c3C2=O)C(=O)N1. The number of imide groups is 2. The molecule has 1 fully saturated rings. The van der Waals surface area contributed by atoms with Crippen LogP contribution in [0.2, 0.25) is 0 Å². The topological polar surface area (TPSA) is 158 Å². The second-order valence-electron chi connectivity index (χ2n) is 12.3. The lowest BCUT2D eigenvalue weighted by Crippen LogP contribution is -2.54. The van der Waals surface area contributed by atoms with E-state index in [0.717, 1.165) is 55.7 Å². The third-order valence-electron chi connectivity index (χ3n) is 8.61. The van der Waals surface area contributed by atoms with Gasteiger partial charge >= 0.3 is 0 Å². The van der Waals surface area contributed by atoms with Gasteiger partial charge in [-0.15, -0.1) is 0 Å². The first kappa shape index (κ1) is 38.7. The summed E-state index contributed by atoms with van der Waals surface area (Å²) in [6, 6.07) is 10.0. The van der Waals surface area contributed by atoms with Crippen LogP contribution in [0.3, 0.4) is 0 Å². The first-order chi connectivity index (χ1) is 25.1. The van der Waals surface area contributed by atoms with E-state index in [1.165, 1.54) is 12.1 Å². The minimum Gasteiger partial charge on any atom is -0.384 e. The van der Waals surface area contributed by atoms with Gasteiger partial charge in [-0.1, -0.05) is 25.3 Å². The smallest absolute Gasteiger partial charge is 0.277 e. The molecule has 2 heterocycles. The summed E-state index contributed by atoms with van der Waals surface area (Å²) in [7, 11) is 0. The van der Waals surface area contributed by atoms with Gasteiger partial charge in [-0.3, -0.25) is 39.0 Å². The Morgan fingerprint density at radius 3 is 2.38 bits per heavy atom. The van der Waals surface area contributed by atoms with Crippen molar-refractivity contribution in [2.75, 3.05) is 36.9 Å². The van der Waals surface area contributed by atoms with E-state index in [1.54, 1.807) is 24.3 Å². The predicted octanol–water partition coefficient (Wildman–Crippen LogP) is 5.56. The third kappa shape index (κ3) is 9.46. The van der Waals surface area contributed by atoms with Gasteiger partial charge in [-0.05, 0) is 104 Å². The summed E-state index contributed by atoms with van der Waals surface area (Å²) in [5, 5.41) is 11.2. The average molecular weight is 835 g/mol. The van der Waals surface area contributed by atoms with Crippen molar-refractivity contribution in [2.24, 2.45) is 0 Å². The Morgan fingerprint density at radius 1 is 0.865 bits per heavy atom. The van der Waals surface area contributed by atoms with E-state index in [4.69, 9.17) is 4.84 Å². The molecule has 2 aliphatic heterocycles. The second kappa shape index (κ2) is 18.3. The Bertz CT molecular complexity index is 1850. The summed E-state index contributed by atoms with van der Waals surface area (Å²) >= 11 is 1.92. The normalized spacial score (nSPS) is 15.5. The van der Waals surface area contributed by atoms with Crippen LogP contribution in [0.1, 0.15) is 82.4 Å². The van der Waals surface area contributed by atoms with Gasteiger partial charge in [-0.25, -0.2) is 18.7 Å². The molecule has 0 aliphatic carbocycles. The first-order valence-electron chi connectivity index (χ1n) is 17.0. The molecule has 5 N–H and O–H groups in total. The summed E-state index contributed by atoms with van der Waals surface area (Å²) in [4.78, 5) is 68.9. The molecule has 3 aromatic carbocycles. The lowest BCUT2D eigenvalue weighted by Gasteiger charge is -2.27. The lowest BCUT2D eigenvalue weighted by atomic mass is 10.0. The number of piperidine rings is 1. The molecule has 5 rings (SSSR count). The molecule has 12 nitrogen and oxygen atoms in total. The van der Waals surface area contributed by atoms with Gasteiger partial charge in [-0.2, -0.15) is 0 Å². The summed E-state index contributed by atoms with van der Waals surface area (Å²) in [5.41, 5.74) is 2.38. The van der Waals surface area contributed by atoms with Crippen molar-refractivity contribution < 1.29 is 42.0 Å². The molecule has 0 spiro atoms. The molecule has 0 bridgehead atoms. The maximum atomic E-state index is 14.6. The molecule has 1 atom stereocenters. The monoisotopic (exact) mass is 834 g/mol. The largest absolute Gasteiger partial charge is 0.384 e. The highest BCUT2D eigenvalue weighted by atomic mass is 127. The molecule has 0 radical (unpaired) electrons. The molecule has 5 amide bonds. The molecule has 276 valence electrons. The highest BCUT2D eigenvalue weighted by Gasteiger charge is 2.45. The molecule has 52 heavy (non-hydrogen) atoms. The molecule has 0 aromatic heterocycles. The third-order valence-corrected chi connectivity index (χ3v) is 9.28. The van der Waals surface area contributed by atoms with Crippen LogP contribution in [0.4, 0.5) is 30.2 Å².